The van der Waals surface area contributed by atoms with E-state index in [2.05, 4.69) is 15.9 Å². The Hall–Kier alpha value is -0.280. The van der Waals surface area contributed by atoms with Gasteiger partial charge in [0.2, 0.25) is 0 Å². The Kier molecular flexibility index (Phi) is 3.78. The first-order valence-corrected chi connectivity index (χ1v) is 5.32. The first kappa shape index (κ1) is 11.8. The number of ether oxygens (including phenoxy) is 1. The topological polar surface area (TPSA) is 9.23 Å². The highest BCUT2D eigenvalue weighted by Crippen LogP contribution is 2.28. The molecule has 0 radical (unpaired) electrons. The number of benzene rings is 1. The maximum Gasteiger partial charge on any atom is 0.132 e. The van der Waals surface area contributed by atoms with E-state index >= 15 is 0 Å². The maximum atomic E-state index is 12.5. The quantitative estimate of drug-likeness (QED) is 0.805. The zero-order valence-corrected chi connectivity index (χ0v) is 10.3. The van der Waals surface area contributed by atoms with E-state index in [1.807, 2.05) is 0 Å². The zero-order chi connectivity index (χ0) is 10.8. The summed E-state index contributed by atoms with van der Waals surface area (Å²) in [6.07, 6.45) is 0. The van der Waals surface area contributed by atoms with Gasteiger partial charge in [0.25, 0.3) is 0 Å². The summed E-state index contributed by atoms with van der Waals surface area (Å²) in [5.74, 6) is 0.601. The molecule has 4 heteroatoms. The molecule has 1 aromatic carbocycles. The van der Waals surface area contributed by atoms with Gasteiger partial charge in [0.15, 0.2) is 0 Å². The molecular formula is C10H11BrClFO. The average Bonchev–Trinajstić information content (AvgIpc) is 2.11. The third kappa shape index (κ3) is 3.14. The Morgan fingerprint density at radius 3 is 2.64 bits per heavy atom. The molecule has 0 spiro atoms. The molecule has 0 saturated heterocycles. The van der Waals surface area contributed by atoms with Crippen LogP contribution in [0.5, 0.6) is 5.75 Å². The lowest BCUT2D eigenvalue weighted by atomic mass is 10.2. The fraction of sp³-hybridized carbons (Fsp3) is 0.400. The maximum absolute atomic E-state index is 12.5. The molecule has 0 atom stereocenters. The molecule has 78 valence electrons. The van der Waals surface area contributed by atoms with E-state index in [0.717, 1.165) is 4.47 Å². The van der Waals surface area contributed by atoms with Gasteiger partial charge < -0.3 is 4.74 Å². The van der Waals surface area contributed by atoms with Gasteiger partial charge in [0.05, 0.1) is 5.02 Å². The van der Waals surface area contributed by atoms with Crippen LogP contribution in [0.25, 0.3) is 0 Å². The van der Waals surface area contributed by atoms with Gasteiger partial charge in [-0.05, 0) is 48.0 Å². The molecule has 14 heavy (non-hydrogen) atoms. The van der Waals surface area contributed by atoms with Crippen LogP contribution >= 0.6 is 27.5 Å². The molecule has 0 aliphatic carbocycles. The second-order valence-corrected chi connectivity index (χ2v) is 4.83. The lowest BCUT2D eigenvalue weighted by Gasteiger charge is -2.23. The summed E-state index contributed by atoms with van der Waals surface area (Å²) in [5, 5.41) is 0.607. The van der Waals surface area contributed by atoms with Crippen LogP contribution in [0.4, 0.5) is 4.39 Å². The van der Waals surface area contributed by atoms with Crippen LogP contribution in [0.15, 0.2) is 22.7 Å². The Bertz CT molecular complexity index is 328. The third-order valence-corrected chi connectivity index (χ3v) is 2.82. The van der Waals surface area contributed by atoms with Crippen LogP contribution in [0.1, 0.15) is 13.8 Å². The Morgan fingerprint density at radius 1 is 1.50 bits per heavy atom. The van der Waals surface area contributed by atoms with Gasteiger partial charge in [-0.2, -0.15) is 0 Å². The smallest absolute Gasteiger partial charge is 0.132 e. The molecule has 0 fully saturated rings. The minimum Gasteiger partial charge on any atom is -0.485 e. The first-order valence-electron chi connectivity index (χ1n) is 4.15. The minimum absolute atomic E-state index is 0.534. The van der Waals surface area contributed by atoms with Gasteiger partial charge >= 0.3 is 0 Å². The molecule has 0 amide bonds. The minimum atomic E-state index is -0.798. The molecule has 0 aromatic heterocycles. The van der Waals surface area contributed by atoms with Gasteiger partial charge in [-0.25, -0.2) is 4.39 Å². The number of rotatable bonds is 3. The molecule has 0 aliphatic heterocycles. The van der Waals surface area contributed by atoms with Crippen LogP contribution < -0.4 is 4.74 Å². The Balaban J connectivity index is 2.83. The number of alkyl halides is 1. The monoisotopic (exact) mass is 280 g/mol. The van der Waals surface area contributed by atoms with E-state index in [1.165, 1.54) is 0 Å². The molecule has 0 unspecified atom stereocenters. The van der Waals surface area contributed by atoms with Crippen LogP contribution in [0, 0.1) is 0 Å². The van der Waals surface area contributed by atoms with Crippen molar-refractivity contribution >= 4 is 27.5 Å². The van der Waals surface area contributed by atoms with Crippen molar-refractivity contribution in [1.82, 2.24) is 0 Å². The molecular weight excluding hydrogens is 270 g/mol. The van der Waals surface area contributed by atoms with Gasteiger partial charge in [0.1, 0.15) is 18.0 Å². The van der Waals surface area contributed by atoms with E-state index < -0.39 is 12.3 Å². The van der Waals surface area contributed by atoms with E-state index in [4.69, 9.17) is 16.3 Å². The average molecular weight is 282 g/mol. The second kappa shape index (κ2) is 4.49. The van der Waals surface area contributed by atoms with Crippen molar-refractivity contribution in [1.29, 1.82) is 0 Å². The lowest BCUT2D eigenvalue weighted by Crippen LogP contribution is -2.30. The number of halogens is 3. The summed E-state index contributed by atoms with van der Waals surface area (Å²) in [4.78, 5) is 0. The molecule has 1 rings (SSSR count). The Labute approximate surface area is 96.3 Å². The molecule has 0 aliphatic rings. The van der Waals surface area contributed by atoms with Crippen molar-refractivity contribution in [2.45, 2.75) is 19.4 Å². The summed E-state index contributed by atoms with van der Waals surface area (Å²) < 4.78 is 18.6. The lowest BCUT2D eigenvalue weighted by molar-refractivity contribution is 0.0785. The molecule has 0 bridgehead atoms. The van der Waals surface area contributed by atoms with E-state index in [0.29, 0.717) is 10.8 Å². The predicted molar refractivity (Wildman–Crippen MR) is 59.8 cm³/mol. The van der Waals surface area contributed by atoms with Crippen molar-refractivity contribution in [3.05, 3.63) is 27.7 Å². The van der Waals surface area contributed by atoms with Crippen LogP contribution in [-0.4, -0.2) is 12.3 Å². The van der Waals surface area contributed by atoms with Gasteiger partial charge in [-0.3, -0.25) is 0 Å². The zero-order valence-electron chi connectivity index (χ0n) is 7.98. The van der Waals surface area contributed by atoms with Crippen LogP contribution in [-0.2, 0) is 0 Å². The fourth-order valence-electron chi connectivity index (χ4n) is 0.887. The number of hydrogen-bond acceptors (Lipinski definition) is 1. The van der Waals surface area contributed by atoms with E-state index in [9.17, 15) is 4.39 Å². The summed E-state index contributed by atoms with van der Waals surface area (Å²) in [7, 11) is 0. The van der Waals surface area contributed by atoms with E-state index in [-0.39, 0.29) is 0 Å². The highest BCUT2D eigenvalue weighted by molar-refractivity contribution is 9.10. The third-order valence-electron chi connectivity index (χ3n) is 1.61. The van der Waals surface area contributed by atoms with Gasteiger partial charge in [-0.1, -0.05) is 11.6 Å². The van der Waals surface area contributed by atoms with Crippen molar-refractivity contribution in [2.75, 3.05) is 6.67 Å². The summed E-state index contributed by atoms with van der Waals surface area (Å²) in [6, 6.07) is 5.14. The SMILES string of the molecule is CC(C)(CF)Oc1ccc(Cl)c(Br)c1. The predicted octanol–water partition coefficient (Wildman–Crippen LogP) is 4.23. The van der Waals surface area contributed by atoms with Crippen molar-refractivity contribution in [3.63, 3.8) is 0 Å². The van der Waals surface area contributed by atoms with Crippen LogP contribution in [0.2, 0.25) is 5.02 Å². The fourth-order valence-corrected chi connectivity index (χ4v) is 1.36. The normalized spacial score (nSPS) is 11.5. The summed E-state index contributed by atoms with van der Waals surface area (Å²) in [6.45, 7) is 2.85. The molecule has 0 N–H and O–H groups in total. The van der Waals surface area contributed by atoms with E-state index in [1.54, 1.807) is 32.0 Å². The standard InChI is InChI=1S/C10H11BrClFO/c1-10(2,6-13)14-7-3-4-9(12)8(11)5-7/h3-5H,6H2,1-2H3. The van der Waals surface area contributed by atoms with Crippen molar-refractivity contribution in [2.24, 2.45) is 0 Å². The summed E-state index contributed by atoms with van der Waals surface area (Å²) >= 11 is 9.08. The highest BCUT2D eigenvalue weighted by atomic mass is 79.9. The second-order valence-electron chi connectivity index (χ2n) is 3.57. The van der Waals surface area contributed by atoms with Crippen LogP contribution in [0.3, 0.4) is 0 Å². The molecule has 0 heterocycles. The van der Waals surface area contributed by atoms with Crippen molar-refractivity contribution in [3.8, 4) is 5.75 Å². The van der Waals surface area contributed by atoms with Gasteiger partial charge in [-0.15, -0.1) is 0 Å². The molecule has 1 aromatic rings. The molecule has 0 saturated carbocycles. The summed E-state index contributed by atoms with van der Waals surface area (Å²) in [5.41, 5.74) is -0.798. The van der Waals surface area contributed by atoms with Gasteiger partial charge in [0, 0.05) is 4.47 Å². The molecule has 1 nitrogen and oxygen atoms in total. The largest absolute Gasteiger partial charge is 0.485 e. The van der Waals surface area contributed by atoms with Crippen molar-refractivity contribution < 1.29 is 9.13 Å². The first-order chi connectivity index (χ1) is 6.44. The Morgan fingerprint density at radius 2 is 2.14 bits per heavy atom. The highest BCUT2D eigenvalue weighted by Gasteiger charge is 2.19. The number of hydrogen-bond donors (Lipinski definition) is 0.